The number of hydrogen-bond acceptors (Lipinski definition) is 4. The molecule has 5 nitrogen and oxygen atoms in total. The second kappa shape index (κ2) is 7.31. The molecular formula is C15H13ClN2O3. The molecule has 0 unspecified atom stereocenters. The maximum atomic E-state index is 10.4. The molecule has 2 rings (SSSR count). The number of carboxylic acids is 1. The van der Waals surface area contributed by atoms with E-state index in [0.717, 1.165) is 11.3 Å². The van der Waals surface area contributed by atoms with Crippen LogP contribution in [0.3, 0.4) is 0 Å². The second-order valence-corrected chi connectivity index (χ2v) is 4.52. The van der Waals surface area contributed by atoms with Crippen LogP contribution in [0, 0.1) is 0 Å². The Balaban J connectivity index is 1.98. The van der Waals surface area contributed by atoms with Crippen LogP contribution in [0.4, 0.5) is 5.69 Å². The number of carboxylic acid groups (broad SMARTS) is 1. The lowest BCUT2D eigenvalue weighted by Crippen LogP contribution is -2.09. The summed E-state index contributed by atoms with van der Waals surface area (Å²) >= 11 is 6.01. The maximum absolute atomic E-state index is 10.4. The van der Waals surface area contributed by atoms with Crippen LogP contribution < -0.4 is 10.2 Å². The molecule has 2 aromatic rings. The third kappa shape index (κ3) is 4.81. The summed E-state index contributed by atoms with van der Waals surface area (Å²) in [4.78, 5) is 10.4. The first-order chi connectivity index (χ1) is 10.1. The van der Waals surface area contributed by atoms with Gasteiger partial charge >= 0.3 is 5.97 Å². The number of hydrazone groups is 1. The Bertz CT molecular complexity index is 645. The molecule has 0 bridgehead atoms. The number of nitrogens with one attached hydrogen (secondary N) is 1. The summed E-state index contributed by atoms with van der Waals surface area (Å²) < 4.78 is 5.04. The molecule has 0 aliphatic rings. The van der Waals surface area contributed by atoms with Gasteiger partial charge in [0, 0.05) is 0 Å². The largest absolute Gasteiger partial charge is 0.480 e. The molecule has 0 radical (unpaired) electrons. The molecule has 0 spiro atoms. The van der Waals surface area contributed by atoms with Crippen LogP contribution in [-0.2, 0) is 4.79 Å². The van der Waals surface area contributed by atoms with Crippen molar-refractivity contribution in [3.8, 4) is 5.75 Å². The van der Waals surface area contributed by atoms with Crippen LogP contribution in [0.2, 0.25) is 5.02 Å². The molecule has 6 heteroatoms. The van der Waals surface area contributed by atoms with Gasteiger partial charge in [-0.2, -0.15) is 5.10 Å². The van der Waals surface area contributed by atoms with Crippen molar-refractivity contribution in [3.05, 3.63) is 59.1 Å². The van der Waals surface area contributed by atoms with Crippen molar-refractivity contribution in [2.75, 3.05) is 12.0 Å². The smallest absolute Gasteiger partial charge is 0.341 e. The van der Waals surface area contributed by atoms with Gasteiger partial charge in [-0.3, -0.25) is 5.43 Å². The molecule has 0 aromatic heterocycles. The van der Waals surface area contributed by atoms with Crippen molar-refractivity contribution in [3.63, 3.8) is 0 Å². The Kier molecular flexibility index (Phi) is 5.17. The summed E-state index contributed by atoms with van der Waals surface area (Å²) in [5.74, 6) is -0.726. The Labute approximate surface area is 126 Å². The fourth-order valence-electron chi connectivity index (χ4n) is 1.55. The van der Waals surface area contributed by atoms with Gasteiger partial charge in [0.05, 0.1) is 16.9 Å². The van der Waals surface area contributed by atoms with E-state index >= 15 is 0 Å². The highest BCUT2D eigenvalue weighted by molar-refractivity contribution is 6.32. The summed E-state index contributed by atoms with van der Waals surface area (Å²) in [5, 5.41) is 13.0. The lowest BCUT2D eigenvalue weighted by Gasteiger charge is -2.06. The van der Waals surface area contributed by atoms with Gasteiger partial charge in [-0.25, -0.2) is 4.79 Å². The van der Waals surface area contributed by atoms with Crippen molar-refractivity contribution in [1.82, 2.24) is 0 Å². The van der Waals surface area contributed by atoms with Gasteiger partial charge in [0.25, 0.3) is 0 Å². The van der Waals surface area contributed by atoms with E-state index in [0.29, 0.717) is 10.8 Å². The number of ether oxygens (including phenoxy) is 1. The highest BCUT2D eigenvalue weighted by atomic mass is 35.5. The van der Waals surface area contributed by atoms with Gasteiger partial charge in [0.2, 0.25) is 0 Å². The molecule has 0 saturated carbocycles. The van der Waals surface area contributed by atoms with Crippen LogP contribution in [0.1, 0.15) is 5.56 Å². The average molecular weight is 305 g/mol. The van der Waals surface area contributed by atoms with E-state index in [9.17, 15) is 4.79 Å². The minimum Gasteiger partial charge on any atom is -0.480 e. The van der Waals surface area contributed by atoms with Crippen molar-refractivity contribution >= 4 is 29.5 Å². The van der Waals surface area contributed by atoms with Crippen molar-refractivity contribution in [2.24, 2.45) is 5.10 Å². The average Bonchev–Trinajstić information content (AvgIpc) is 2.47. The fourth-order valence-corrected chi connectivity index (χ4v) is 1.79. The molecule has 0 saturated heterocycles. The Morgan fingerprint density at radius 1 is 1.29 bits per heavy atom. The molecule has 0 aliphatic heterocycles. The van der Waals surface area contributed by atoms with E-state index in [4.69, 9.17) is 21.4 Å². The quantitative estimate of drug-likeness (QED) is 0.635. The predicted molar refractivity (Wildman–Crippen MR) is 82.2 cm³/mol. The van der Waals surface area contributed by atoms with Crippen LogP contribution in [-0.4, -0.2) is 23.9 Å². The van der Waals surface area contributed by atoms with Crippen molar-refractivity contribution in [2.45, 2.75) is 0 Å². The van der Waals surface area contributed by atoms with Crippen LogP contribution >= 0.6 is 11.6 Å². The number of rotatable bonds is 6. The lowest BCUT2D eigenvalue weighted by molar-refractivity contribution is -0.139. The zero-order valence-electron chi connectivity index (χ0n) is 11.0. The Morgan fingerprint density at radius 3 is 2.71 bits per heavy atom. The summed E-state index contributed by atoms with van der Waals surface area (Å²) in [6.07, 6.45) is 1.61. The summed E-state index contributed by atoms with van der Waals surface area (Å²) in [7, 11) is 0. The summed E-state index contributed by atoms with van der Waals surface area (Å²) in [6.45, 7) is -0.428. The number of benzene rings is 2. The number of carbonyl (C=O) groups is 1. The standard InChI is InChI=1S/C15H13ClN2O3/c16-13-8-11(6-7-14(13)21-10-15(19)20)9-17-18-12-4-2-1-3-5-12/h1-9,18H,10H2,(H,19,20)/b17-9-. The molecule has 0 aliphatic carbocycles. The highest BCUT2D eigenvalue weighted by Crippen LogP contribution is 2.24. The normalized spacial score (nSPS) is 10.5. The van der Waals surface area contributed by atoms with E-state index in [2.05, 4.69) is 10.5 Å². The second-order valence-electron chi connectivity index (χ2n) is 4.11. The Morgan fingerprint density at radius 2 is 2.05 bits per heavy atom. The molecule has 0 atom stereocenters. The molecular weight excluding hydrogens is 292 g/mol. The molecule has 0 fully saturated rings. The third-order valence-electron chi connectivity index (χ3n) is 2.49. The molecule has 2 aromatic carbocycles. The van der Waals surface area contributed by atoms with E-state index < -0.39 is 12.6 Å². The number of hydrogen-bond donors (Lipinski definition) is 2. The van der Waals surface area contributed by atoms with Gasteiger partial charge < -0.3 is 9.84 Å². The molecule has 21 heavy (non-hydrogen) atoms. The molecule has 0 amide bonds. The van der Waals surface area contributed by atoms with Crippen molar-refractivity contribution in [1.29, 1.82) is 0 Å². The van der Waals surface area contributed by atoms with E-state index in [-0.39, 0.29) is 0 Å². The van der Waals surface area contributed by atoms with Gasteiger partial charge in [0.1, 0.15) is 5.75 Å². The maximum Gasteiger partial charge on any atom is 0.341 e. The molecule has 108 valence electrons. The minimum absolute atomic E-state index is 0.326. The fraction of sp³-hybridized carbons (Fsp3) is 0.0667. The molecule has 2 N–H and O–H groups in total. The van der Waals surface area contributed by atoms with Crippen molar-refractivity contribution < 1.29 is 14.6 Å². The SMILES string of the molecule is O=C(O)COc1ccc(/C=N\Nc2ccccc2)cc1Cl. The topological polar surface area (TPSA) is 70.9 Å². The number of nitrogens with zero attached hydrogens (tertiary/aromatic N) is 1. The van der Waals surface area contributed by atoms with Crippen LogP contribution in [0.5, 0.6) is 5.75 Å². The lowest BCUT2D eigenvalue weighted by atomic mass is 10.2. The number of halogens is 1. The van der Waals surface area contributed by atoms with E-state index in [1.165, 1.54) is 0 Å². The van der Waals surface area contributed by atoms with Gasteiger partial charge in [-0.15, -0.1) is 0 Å². The summed E-state index contributed by atoms with van der Waals surface area (Å²) in [6, 6.07) is 14.5. The predicted octanol–water partition coefficient (Wildman–Crippen LogP) is 3.25. The molecule has 0 heterocycles. The van der Waals surface area contributed by atoms with Crippen LogP contribution in [0.25, 0.3) is 0 Å². The number of para-hydroxylation sites is 1. The zero-order valence-corrected chi connectivity index (χ0v) is 11.7. The number of anilines is 1. The highest BCUT2D eigenvalue weighted by Gasteiger charge is 2.04. The van der Waals surface area contributed by atoms with Gasteiger partial charge in [-0.1, -0.05) is 29.8 Å². The Hall–Kier alpha value is -2.53. The van der Waals surface area contributed by atoms with Gasteiger partial charge in [0.15, 0.2) is 6.61 Å². The van der Waals surface area contributed by atoms with E-state index in [1.54, 1.807) is 24.4 Å². The zero-order chi connectivity index (χ0) is 15.1. The first-order valence-corrected chi connectivity index (χ1v) is 6.51. The van der Waals surface area contributed by atoms with Gasteiger partial charge in [-0.05, 0) is 35.9 Å². The minimum atomic E-state index is -1.05. The first kappa shape index (κ1) is 14.9. The monoisotopic (exact) mass is 304 g/mol. The first-order valence-electron chi connectivity index (χ1n) is 6.13. The summed E-state index contributed by atoms with van der Waals surface area (Å²) in [5.41, 5.74) is 4.53. The third-order valence-corrected chi connectivity index (χ3v) is 2.78. The van der Waals surface area contributed by atoms with E-state index in [1.807, 2.05) is 30.3 Å². The number of aliphatic carboxylic acids is 1. The van der Waals surface area contributed by atoms with Crippen LogP contribution in [0.15, 0.2) is 53.6 Å².